The predicted molar refractivity (Wildman–Crippen MR) is 37.4 cm³/mol. The molecule has 0 aromatic carbocycles. The van der Waals surface area contributed by atoms with E-state index in [1.807, 2.05) is 0 Å². The number of hydrogen-bond donors (Lipinski definition) is 4. The molecule has 0 aromatic heterocycles. The van der Waals surface area contributed by atoms with E-state index >= 15 is 0 Å². The Morgan fingerprint density at radius 3 is 1.90 bits per heavy atom. The molecule has 0 bridgehead atoms. The van der Waals surface area contributed by atoms with Gasteiger partial charge in [0.25, 0.3) is 0 Å². The van der Waals surface area contributed by atoms with Crippen molar-refractivity contribution in [2.75, 3.05) is 0 Å². The lowest BCUT2D eigenvalue weighted by Crippen LogP contribution is -2.34. The van der Waals surface area contributed by atoms with Gasteiger partial charge < -0.3 is 15.3 Å². The molecule has 3 N–H and O–H groups in total. The molecular weight excluding hydrogens is 156 g/mol. The lowest BCUT2D eigenvalue weighted by Gasteiger charge is -2.16. The Morgan fingerprint density at radius 1 is 1.40 bits per heavy atom. The number of hydrogen-bond acceptors (Lipinski definition) is 4. The highest BCUT2D eigenvalue weighted by Gasteiger charge is 2.24. The summed E-state index contributed by atoms with van der Waals surface area (Å²) in [6, 6.07) is 0. The molecule has 2 atom stereocenters. The van der Waals surface area contributed by atoms with Crippen molar-refractivity contribution in [3.05, 3.63) is 0 Å². The molecule has 60 valence electrons. The van der Waals surface area contributed by atoms with Gasteiger partial charge in [-0.1, -0.05) is 6.92 Å². The Morgan fingerprint density at radius 2 is 1.80 bits per heavy atom. The van der Waals surface area contributed by atoms with Crippen LogP contribution in [0.1, 0.15) is 6.92 Å². The average Bonchev–Trinajstić information content (AvgIpc) is 1.84. The van der Waals surface area contributed by atoms with Gasteiger partial charge >= 0.3 is 0 Å². The minimum absolute atomic E-state index is 0.569. The van der Waals surface area contributed by atoms with Crippen LogP contribution >= 0.6 is 12.6 Å². The van der Waals surface area contributed by atoms with E-state index in [-0.39, 0.29) is 0 Å². The molecule has 0 radical (unpaired) electrons. The van der Waals surface area contributed by atoms with Crippen molar-refractivity contribution >= 4 is 17.7 Å². The average molecular weight is 166 g/mol. The van der Waals surface area contributed by atoms with Crippen LogP contribution in [0.2, 0.25) is 0 Å². The first-order chi connectivity index (χ1) is 4.46. The third kappa shape index (κ3) is 2.66. The maximum absolute atomic E-state index is 10.4. The van der Waals surface area contributed by atoms with Crippen molar-refractivity contribution in [1.82, 2.24) is 0 Å². The first-order valence-corrected chi connectivity index (χ1v) is 3.18. The zero-order valence-electron chi connectivity index (χ0n) is 5.43. The second-order valence-corrected chi connectivity index (χ2v) is 2.47. The molecule has 2 unspecified atom stereocenters. The number of aliphatic hydroxyl groups is 3. The molecule has 0 aliphatic rings. The fraction of sp³-hybridized carbons (Fsp3) is 0.800. The van der Waals surface area contributed by atoms with E-state index in [0.717, 1.165) is 0 Å². The fourth-order valence-electron chi connectivity index (χ4n) is 0.404. The fourth-order valence-corrected chi connectivity index (χ4v) is 0.557. The van der Waals surface area contributed by atoms with Gasteiger partial charge in [-0.15, -0.1) is 12.6 Å². The Balaban J connectivity index is 3.94. The van der Waals surface area contributed by atoms with Crippen LogP contribution in [-0.2, 0) is 4.79 Å². The largest absolute Gasteiger partial charge is 0.387 e. The molecule has 0 rings (SSSR count). The lowest BCUT2D eigenvalue weighted by atomic mass is 10.1. The summed E-state index contributed by atoms with van der Waals surface area (Å²) < 4.78 is 0. The molecule has 0 amide bonds. The van der Waals surface area contributed by atoms with Gasteiger partial charge in [-0.3, -0.25) is 4.79 Å². The van der Waals surface area contributed by atoms with E-state index in [4.69, 9.17) is 15.3 Å². The monoisotopic (exact) mass is 166 g/mol. The minimum atomic E-state index is -1.88. The Kier molecular flexibility index (Phi) is 3.88. The van der Waals surface area contributed by atoms with Gasteiger partial charge in [0.15, 0.2) is 11.4 Å². The summed E-state index contributed by atoms with van der Waals surface area (Å²) in [7, 11) is 0. The smallest absolute Gasteiger partial charge is 0.191 e. The molecule has 0 saturated carbocycles. The van der Waals surface area contributed by atoms with E-state index in [9.17, 15) is 4.79 Å². The molecular formula is C5H10O4S. The first kappa shape index (κ1) is 9.90. The van der Waals surface area contributed by atoms with Crippen molar-refractivity contribution in [1.29, 1.82) is 0 Å². The van der Waals surface area contributed by atoms with E-state index in [2.05, 4.69) is 12.6 Å². The van der Waals surface area contributed by atoms with Gasteiger partial charge in [-0.2, -0.15) is 0 Å². The molecule has 0 aliphatic heterocycles. The van der Waals surface area contributed by atoms with Crippen LogP contribution in [0, 0.1) is 5.92 Å². The van der Waals surface area contributed by atoms with Gasteiger partial charge in [0.1, 0.15) is 6.10 Å². The van der Waals surface area contributed by atoms with Gasteiger partial charge in [0.05, 0.1) is 5.92 Å². The van der Waals surface area contributed by atoms with Crippen LogP contribution in [0.15, 0.2) is 0 Å². The molecule has 0 aromatic rings. The normalized spacial score (nSPS) is 17.0. The molecule has 0 aliphatic carbocycles. The lowest BCUT2D eigenvalue weighted by molar-refractivity contribution is -0.147. The molecule has 0 fully saturated rings. The van der Waals surface area contributed by atoms with Gasteiger partial charge in [0, 0.05) is 0 Å². The molecule has 0 spiro atoms. The summed E-state index contributed by atoms with van der Waals surface area (Å²) in [4.78, 5) is 10.4. The third-order valence-electron chi connectivity index (χ3n) is 1.21. The summed E-state index contributed by atoms with van der Waals surface area (Å²) in [6.45, 7) is 1.36. The van der Waals surface area contributed by atoms with Crippen LogP contribution in [0.3, 0.4) is 0 Å². The van der Waals surface area contributed by atoms with E-state index in [0.29, 0.717) is 0 Å². The van der Waals surface area contributed by atoms with Crippen LogP contribution in [0.4, 0.5) is 0 Å². The van der Waals surface area contributed by atoms with E-state index < -0.39 is 23.4 Å². The van der Waals surface area contributed by atoms with Gasteiger partial charge in [-0.05, 0) is 0 Å². The number of carbonyl (C=O) groups excluding carboxylic acids is 1. The first-order valence-electron chi connectivity index (χ1n) is 2.74. The zero-order valence-corrected chi connectivity index (χ0v) is 6.32. The standard InChI is InChI=1S/C5H10O4S/c1-2(5(9)10)3(6)4(7)8/h2-4,6-8H,1H3,(H,9,10). The Bertz CT molecular complexity index is 125. The Hall–Kier alpha value is -0.100. The quantitative estimate of drug-likeness (QED) is 0.312. The summed E-state index contributed by atoms with van der Waals surface area (Å²) in [6.07, 6.45) is -3.34. The van der Waals surface area contributed by atoms with Crippen molar-refractivity contribution < 1.29 is 20.1 Å². The predicted octanol–water partition coefficient (Wildman–Crippen LogP) is -1.25. The summed E-state index contributed by atoms with van der Waals surface area (Å²) in [5, 5.41) is 24.9. The number of aliphatic hydroxyl groups excluding tert-OH is 2. The van der Waals surface area contributed by atoms with Crippen LogP contribution in [0.5, 0.6) is 0 Å². The SMILES string of the molecule is CC(C(=O)S)C(O)C(O)O. The van der Waals surface area contributed by atoms with E-state index in [1.165, 1.54) is 6.92 Å². The highest BCUT2D eigenvalue weighted by molar-refractivity contribution is 7.96. The van der Waals surface area contributed by atoms with Crippen molar-refractivity contribution in [2.24, 2.45) is 5.92 Å². The number of carbonyl (C=O) groups is 1. The second kappa shape index (κ2) is 3.92. The number of thiol groups is 1. The van der Waals surface area contributed by atoms with Crippen LogP contribution < -0.4 is 0 Å². The maximum Gasteiger partial charge on any atom is 0.191 e. The van der Waals surface area contributed by atoms with Crippen molar-refractivity contribution in [3.63, 3.8) is 0 Å². The van der Waals surface area contributed by atoms with Crippen molar-refractivity contribution in [3.8, 4) is 0 Å². The maximum atomic E-state index is 10.4. The van der Waals surface area contributed by atoms with Crippen LogP contribution in [-0.4, -0.2) is 32.8 Å². The zero-order chi connectivity index (χ0) is 8.31. The highest BCUT2D eigenvalue weighted by Crippen LogP contribution is 2.08. The molecule has 0 heterocycles. The molecule has 0 saturated heterocycles. The molecule has 10 heavy (non-hydrogen) atoms. The third-order valence-corrected chi connectivity index (χ3v) is 1.61. The summed E-state index contributed by atoms with van der Waals surface area (Å²) >= 11 is 3.41. The minimum Gasteiger partial charge on any atom is -0.387 e. The summed E-state index contributed by atoms with van der Waals surface area (Å²) in [5.74, 6) is -0.858. The van der Waals surface area contributed by atoms with Gasteiger partial charge in [-0.25, -0.2) is 0 Å². The molecule has 5 heteroatoms. The van der Waals surface area contributed by atoms with Crippen molar-refractivity contribution in [2.45, 2.75) is 19.3 Å². The van der Waals surface area contributed by atoms with E-state index in [1.54, 1.807) is 0 Å². The van der Waals surface area contributed by atoms with Crippen LogP contribution in [0.25, 0.3) is 0 Å². The molecule has 4 nitrogen and oxygen atoms in total. The van der Waals surface area contributed by atoms with Gasteiger partial charge in [0.2, 0.25) is 0 Å². The highest BCUT2D eigenvalue weighted by atomic mass is 32.1. The Labute approximate surface area is 63.9 Å². The number of rotatable bonds is 3. The summed E-state index contributed by atoms with van der Waals surface area (Å²) in [5.41, 5.74) is 0. The topological polar surface area (TPSA) is 77.8 Å². The second-order valence-electron chi connectivity index (χ2n) is 2.03.